The average Bonchev–Trinajstić information content (AvgIpc) is 3.30. The molecule has 2 fully saturated rings. The molecule has 30 heavy (non-hydrogen) atoms. The van der Waals surface area contributed by atoms with Crippen molar-refractivity contribution in [3.63, 3.8) is 0 Å². The summed E-state index contributed by atoms with van der Waals surface area (Å²) in [6, 6.07) is 2.67. The molecule has 0 aromatic heterocycles. The van der Waals surface area contributed by atoms with Gasteiger partial charge in [-0.05, 0) is 74.6 Å². The van der Waals surface area contributed by atoms with E-state index in [0.29, 0.717) is 17.3 Å². The molecule has 2 unspecified atom stereocenters. The molecule has 6 heteroatoms. The Labute approximate surface area is 186 Å². The molecule has 164 valence electrons. The Morgan fingerprint density at radius 1 is 1.23 bits per heavy atom. The molecule has 0 amide bonds. The number of nitrogens with zero attached hydrogens (tertiary/aromatic N) is 1. The zero-order valence-corrected chi connectivity index (χ0v) is 20.3. The standard InChI is InChI=1S/C24H34ClNO3Si/c1-22-9-6-19-18-7-11-24(27-12-13-28-24)14-17(18)4-5-20(19)21(22)8-10-23(22,15-26)29-30(2,3)16-25/h6,20-21H,4-5,7-14,16H2,1-3H3/t20?,21?,22-,23-/m0/s1. The molecule has 0 aromatic carbocycles. The van der Waals surface area contributed by atoms with E-state index in [-0.39, 0.29) is 11.2 Å². The predicted molar refractivity (Wildman–Crippen MR) is 119 cm³/mol. The van der Waals surface area contributed by atoms with Crippen LogP contribution in [-0.4, -0.2) is 38.4 Å². The first-order valence-electron chi connectivity index (χ1n) is 11.6. The largest absolute Gasteiger partial charge is 0.398 e. The fourth-order valence-corrected chi connectivity index (χ4v) is 8.71. The Hall–Kier alpha value is -0.643. The molecule has 1 heterocycles. The van der Waals surface area contributed by atoms with Crippen LogP contribution in [0.5, 0.6) is 0 Å². The second kappa shape index (κ2) is 7.18. The fraction of sp³-hybridized carbons (Fsp3) is 0.792. The molecule has 4 nitrogen and oxygen atoms in total. The first kappa shape index (κ1) is 21.2. The van der Waals surface area contributed by atoms with E-state index >= 15 is 0 Å². The molecule has 0 aromatic rings. The number of fused-ring (bicyclic) bond motifs is 4. The lowest BCUT2D eigenvalue weighted by molar-refractivity contribution is -0.164. The van der Waals surface area contributed by atoms with Gasteiger partial charge in [-0.15, -0.1) is 11.6 Å². The summed E-state index contributed by atoms with van der Waals surface area (Å²) in [5, 5.41) is 10.3. The number of allylic oxidation sites excluding steroid dienone is 3. The van der Waals surface area contributed by atoms with Crippen LogP contribution in [0.25, 0.3) is 0 Å². The van der Waals surface area contributed by atoms with Crippen molar-refractivity contribution >= 4 is 19.9 Å². The highest BCUT2D eigenvalue weighted by Crippen LogP contribution is 2.64. The highest BCUT2D eigenvalue weighted by molar-refractivity contribution is 6.77. The number of halogens is 1. The van der Waals surface area contributed by atoms with E-state index in [0.717, 1.165) is 58.2 Å². The topological polar surface area (TPSA) is 51.5 Å². The van der Waals surface area contributed by atoms with Crippen molar-refractivity contribution < 1.29 is 13.9 Å². The van der Waals surface area contributed by atoms with Crippen molar-refractivity contribution in [1.82, 2.24) is 0 Å². The molecule has 1 saturated heterocycles. The van der Waals surface area contributed by atoms with E-state index in [9.17, 15) is 5.26 Å². The zero-order chi connectivity index (χ0) is 21.2. The summed E-state index contributed by atoms with van der Waals surface area (Å²) in [4.78, 5) is 0. The van der Waals surface area contributed by atoms with E-state index in [2.05, 4.69) is 32.2 Å². The number of hydrogen-bond acceptors (Lipinski definition) is 4. The summed E-state index contributed by atoms with van der Waals surface area (Å²) in [5.74, 6) is 0.729. The SMILES string of the molecule is C[C@]12CC=C3C4=C(CCC3C1CC[C@@]2(C#N)O[Si](C)(C)CCl)CC1(CC4)OCCO1. The number of hydrogen-bond donors (Lipinski definition) is 0. The molecule has 4 atom stereocenters. The van der Waals surface area contributed by atoms with Gasteiger partial charge in [0.25, 0.3) is 0 Å². The molecule has 0 radical (unpaired) electrons. The Morgan fingerprint density at radius 3 is 2.70 bits per heavy atom. The average molecular weight is 448 g/mol. The summed E-state index contributed by atoms with van der Waals surface area (Å²) in [5.41, 5.74) is 4.44. The molecule has 1 saturated carbocycles. The van der Waals surface area contributed by atoms with Crippen LogP contribution in [0.4, 0.5) is 0 Å². The van der Waals surface area contributed by atoms with Crippen LogP contribution in [0.1, 0.15) is 58.3 Å². The second-order valence-corrected chi connectivity index (χ2v) is 15.7. The van der Waals surface area contributed by atoms with E-state index in [1.807, 2.05) is 0 Å². The Kier molecular flexibility index (Phi) is 5.08. The van der Waals surface area contributed by atoms with Crippen molar-refractivity contribution in [1.29, 1.82) is 5.26 Å². The van der Waals surface area contributed by atoms with Gasteiger partial charge in [0.2, 0.25) is 8.32 Å². The van der Waals surface area contributed by atoms with Crippen LogP contribution in [0, 0.1) is 28.6 Å². The van der Waals surface area contributed by atoms with Gasteiger partial charge in [-0.2, -0.15) is 5.26 Å². The van der Waals surface area contributed by atoms with Crippen molar-refractivity contribution in [2.24, 2.45) is 17.3 Å². The van der Waals surface area contributed by atoms with E-state index < -0.39 is 13.9 Å². The molecule has 0 bridgehead atoms. The monoisotopic (exact) mass is 447 g/mol. The zero-order valence-electron chi connectivity index (χ0n) is 18.6. The summed E-state index contributed by atoms with van der Waals surface area (Å²) >= 11 is 6.24. The third-order valence-electron chi connectivity index (χ3n) is 8.72. The van der Waals surface area contributed by atoms with Gasteiger partial charge in [0.1, 0.15) is 5.60 Å². The van der Waals surface area contributed by atoms with Gasteiger partial charge in [0.15, 0.2) is 5.79 Å². The van der Waals surface area contributed by atoms with E-state index in [1.54, 1.807) is 16.7 Å². The lowest BCUT2D eigenvalue weighted by atomic mass is 9.56. The van der Waals surface area contributed by atoms with Gasteiger partial charge in [0.05, 0.1) is 19.3 Å². The normalized spacial score (nSPS) is 39.9. The number of alkyl halides is 1. The number of nitriles is 1. The Bertz CT molecular complexity index is 840. The van der Waals surface area contributed by atoms with Crippen LogP contribution in [-0.2, 0) is 13.9 Å². The maximum atomic E-state index is 10.3. The number of rotatable bonds is 3. The van der Waals surface area contributed by atoms with Crippen LogP contribution in [0.15, 0.2) is 22.8 Å². The molecule has 4 aliphatic carbocycles. The molecule has 5 rings (SSSR count). The summed E-state index contributed by atoms with van der Waals surface area (Å²) < 4.78 is 18.7. The first-order chi connectivity index (χ1) is 14.3. The molecule has 5 aliphatic rings. The maximum Gasteiger partial charge on any atom is 0.203 e. The third kappa shape index (κ3) is 3.02. The Balaban J connectivity index is 1.46. The van der Waals surface area contributed by atoms with Crippen molar-refractivity contribution in [2.75, 3.05) is 18.7 Å². The molecule has 1 spiro atoms. The van der Waals surface area contributed by atoms with Gasteiger partial charge < -0.3 is 13.9 Å². The third-order valence-corrected chi connectivity index (χ3v) is 12.2. The predicted octanol–water partition coefficient (Wildman–Crippen LogP) is 5.63. The number of ether oxygens (including phenoxy) is 2. The summed E-state index contributed by atoms with van der Waals surface area (Å²) in [6.07, 6.45) is 10.6. The quantitative estimate of drug-likeness (QED) is 0.415. The minimum atomic E-state index is -2.06. The second-order valence-electron chi connectivity index (χ2n) is 10.9. The fourth-order valence-electron chi connectivity index (χ4n) is 7.16. The van der Waals surface area contributed by atoms with Crippen LogP contribution >= 0.6 is 11.6 Å². The Morgan fingerprint density at radius 2 is 2.00 bits per heavy atom. The smallest absolute Gasteiger partial charge is 0.203 e. The summed E-state index contributed by atoms with van der Waals surface area (Å²) in [6.45, 7) is 8.06. The van der Waals surface area contributed by atoms with Crippen molar-refractivity contribution in [3.8, 4) is 6.07 Å². The molecular weight excluding hydrogens is 414 g/mol. The van der Waals surface area contributed by atoms with Crippen LogP contribution in [0.2, 0.25) is 13.1 Å². The van der Waals surface area contributed by atoms with Crippen LogP contribution < -0.4 is 0 Å². The minimum absolute atomic E-state index is 0.127. The van der Waals surface area contributed by atoms with Gasteiger partial charge in [-0.3, -0.25) is 0 Å². The van der Waals surface area contributed by atoms with E-state index in [1.165, 1.54) is 6.42 Å². The lowest BCUT2D eigenvalue weighted by Gasteiger charge is -2.51. The minimum Gasteiger partial charge on any atom is -0.398 e. The maximum absolute atomic E-state index is 10.3. The first-order valence-corrected chi connectivity index (χ1v) is 15.3. The van der Waals surface area contributed by atoms with Crippen LogP contribution in [0.3, 0.4) is 0 Å². The molecular formula is C24H34ClNO3Si. The lowest BCUT2D eigenvalue weighted by Crippen LogP contribution is -2.55. The van der Waals surface area contributed by atoms with Gasteiger partial charge in [-0.25, -0.2) is 0 Å². The van der Waals surface area contributed by atoms with Crippen molar-refractivity contribution in [3.05, 3.63) is 22.8 Å². The highest BCUT2D eigenvalue weighted by Gasteiger charge is 2.63. The molecule has 1 aliphatic heterocycles. The molecule has 0 N–H and O–H groups in total. The van der Waals surface area contributed by atoms with Gasteiger partial charge >= 0.3 is 0 Å². The van der Waals surface area contributed by atoms with Crippen molar-refractivity contribution in [2.45, 2.75) is 82.8 Å². The highest BCUT2D eigenvalue weighted by atomic mass is 35.5. The van der Waals surface area contributed by atoms with Gasteiger partial charge in [-0.1, -0.05) is 18.6 Å². The van der Waals surface area contributed by atoms with E-state index in [4.69, 9.17) is 25.5 Å². The summed E-state index contributed by atoms with van der Waals surface area (Å²) in [7, 11) is -2.06. The van der Waals surface area contributed by atoms with Gasteiger partial charge in [0, 0.05) is 23.8 Å².